The second kappa shape index (κ2) is 10.1. The number of ether oxygens (including phenoxy) is 2. The van der Waals surface area contributed by atoms with Crippen molar-refractivity contribution in [2.24, 2.45) is 10.7 Å². The van der Waals surface area contributed by atoms with Gasteiger partial charge in [0.15, 0.2) is 11.5 Å². The predicted octanol–water partition coefficient (Wildman–Crippen LogP) is 5.54. The monoisotopic (exact) mass is 562 g/mol. The lowest BCUT2D eigenvalue weighted by molar-refractivity contribution is 0.174. The van der Waals surface area contributed by atoms with Crippen LogP contribution in [0.25, 0.3) is 5.57 Å². The number of fused-ring (bicyclic) bond motifs is 1. The number of nitrogens with zero attached hydrogens (tertiary/aromatic N) is 2. The Morgan fingerprint density at radius 1 is 1.14 bits per heavy atom. The van der Waals surface area contributed by atoms with Gasteiger partial charge in [0.1, 0.15) is 5.84 Å². The minimum atomic E-state index is -3.65. The molecule has 1 atom stereocenters. The molecule has 1 fully saturated rings. The van der Waals surface area contributed by atoms with Crippen LogP contribution in [0.5, 0.6) is 11.5 Å². The molecule has 2 aliphatic heterocycles. The fourth-order valence-corrected chi connectivity index (χ4v) is 5.73. The van der Waals surface area contributed by atoms with E-state index in [9.17, 15) is 9.67 Å². The Morgan fingerprint density at radius 3 is 2.46 bits per heavy atom. The van der Waals surface area contributed by atoms with Crippen LogP contribution in [0.4, 0.5) is 0 Å². The maximum absolute atomic E-state index is 13.1. The molecule has 1 unspecified atom stereocenters. The van der Waals surface area contributed by atoms with Crippen molar-refractivity contribution in [1.82, 2.24) is 4.90 Å². The summed E-state index contributed by atoms with van der Waals surface area (Å²) in [5.41, 5.74) is 4.02. The first-order chi connectivity index (χ1) is 16.9. The number of benzene rings is 2. The van der Waals surface area contributed by atoms with Crippen molar-refractivity contribution in [2.75, 3.05) is 21.0 Å². The van der Waals surface area contributed by atoms with E-state index >= 15 is 0 Å². The highest BCUT2D eigenvalue weighted by Gasteiger charge is 2.40. The third-order valence-corrected chi connectivity index (χ3v) is 8.74. The Kier molecular flexibility index (Phi) is 7.06. The second-order valence-corrected chi connectivity index (χ2v) is 11.5. The number of aliphatic hydroxyl groups excluding tert-OH is 1. The topological polar surface area (TPSA) is 89.8 Å². The minimum absolute atomic E-state index is 0.000216. The molecule has 0 saturated heterocycles. The van der Waals surface area contributed by atoms with Crippen LogP contribution in [0.2, 0.25) is 0 Å². The van der Waals surface area contributed by atoms with Crippen LogP contribution in [0.15, 0.2) is 51.7 Å². The van der Waals surface area contributed by atoms with Crippen molar-refractivity contribution in [3.8, 4) is 11.5 Å². The number of hydrogen-bond donors (Lipinski definition) is 1. The zero-order valence-electron chi connectivity index (χ0n) is 19.6. The van der Waals surface area contributed by atoms with Crippen LogP contribution >= 0.6 is 23.7 Å². The Balaban J connectivity index is 1.56. The molecule has 2 heterocycles. The summed E-state index contributed by atoms with van der Waals surface area (Å²) in [5.74, 6) is 2.55. The van der Waals surface area contributed by atoms with Crippen molar-refractivity contribution < 1.29 is 28.2 Å². The first kappa shape index (κ1) is 24.5. The van der Waals surface area contributed by atoms with Crippen molar-refractivity contribution >= 4 is 35.1 Å². The molecule has 8 nitrogen and oxygen atoms in total. The van der Waals surface area contributed by atoms with Gasteiger partial charge in [-0.25, -0.2) is 4.57 Å². The summed E-state index contributed by atoms with van der Waals surface area (Å²) >= 11 is 3.68. The molecule has 0 radical (unpaired) electrons. The molecule has 2 aromatic rings. The molecule has 2 aromatic carbocycles. The van der Waals surface area contributed by atoms with Gasteiger partial charge in [-0.15, -0.1) is 0 Å². The Morgan fingerprint density at radius 2 is 1.83 bits per heavy atom. The van der Waals surface area contributed by atoms with E-state index in [1.165, 1.54) is 14.2 Å². The van der Waals surface area contributed by atoms with E-state index in [1.807, 2.05) is 36.4 Å². The zero-order valence-corrected chi connectivity index (χ0v) is 22.1. The third-order valence-electron chi connectivity index (χ3n) is 6.61. The standard InChI is InChI=1S/C25H28BrN2O6P/c1-31-35(30,32-2)27-25-11-19(17-5-3-16(14-29)4-6-17)9-22(18-7-8-18)28(25)13-20-10-23-24(12-21(20)26)34-15-33-23/h3-6,9-10,12,18,22,29H,7-8,11,13-15H2,1-2H3/b27-25-. The van der Waals surface area contributed by atoms with Gasteiger partial charge in [-0.2, -0.15) is 4.76 Å². The number of amidine groups is 1. The average molecular weight is 563 g/mol. The molecular weight excluding hydrogens is 535 g/mol. The molecule has 1 saturated carbocycles. The molecule has 1 aliphatic carbocycles. The largest absolute Gasteiger partial charge is 0.454 e. The highest BCUT2D eigenvalue weighted by atomic mass is 79.9. The molecule has 5 rings (SSSR count). The Hall–Kier alpha value is -2.16. The van der Waals surface area contributed by atoms with E-state index in [2.05, 4.69) is 31.7 Å². The van der Waals surface area contributed by atoms with Crippen molar-refractivity contribution in [1.29, 1.82) is 0 Å². The van der Waals surface area contributed by atoms with Crippen LogP contribution in [0.3, 0.4) is 0 Å². The van der Waals surface area contributed by atoms with Gasteiger partial charge in [0.2, 0.25) is 6.79 Å². The quantitative estimate of drug-likeness (QED) is 0.422. The van der Waals surface area contributed by atoms with Gasteiger partial charge in [-0.05, 0) is 53.2 Å². The molecular formula is C25H28BrN2O6P. The van der Waals surface area contributed by atoms with Gasteiger partial charge in [-0.1, -0.05) is 46.3 Å². The molecule has 3 aliphatic rings. The van der Waals surface area contributed by atoms with Crippen LogP contribution in [-0.2, 0) is 26.8 Å². The SMILES string of the molecule is COP(=O)(/N=C1/CC(c2ccc(CO)cc2)=CC(C2CC2)N1Cc1cc2c(cc1Br)OCO2)OC. The van der Waals surface area contributed by atoms with Crippen molar-refractivity contribution in [2.45, 2.75) is 38.5 Å². The lowest BCUT2D eigenvalue weighted by Gasteiger charge is -2.38. The van der Waals surface area contributed by atoms with E-state index in [0.29, 0.717) is 36.2 Å². The maximum Gasteiger partial charge on any atom is 0.454 e. The van der Waals surface area contributed by atoms with Gasteiger partial charge in [0.25, 0.3) is 0 Å². The first-order valence-corrected chi connectivity index (χ1v) is 13.8. The van der Waals surface area contributed by atoms with Crippen LogP contribution < -0.4 is 9.47 Å². The lowest BCUT2D eigenvalue weighted by Crippen LogP contribution is -2.43. The molecule has 0 spiro atoms. The van der Waals surface area contributed by atoms with Crippen LogP contribution in [-0.4, -0.2) is 42.9 Å². The summed E-state index contributed by atoms with van der Waals surface area (Å²) < 4.78 is 40.0. The zero-order chi connectivity index (χ0) is 24.6. The summed E-state index contributed by atoms with van der Waals surface area (Å²) in [6, 6.07) is 11.8. The Bertz CT molecular complexity index is 1200. The van der Waals surface area contributed by atoms with Gasteiger partial charge in [0.05, 0.1) is 12.6 Å². The minimum Gasteiger partial charge on any atom is -0.454 e. The lowest BCUT2D eigenvalue weighted by atomic mass is 9.92. The fourth-order valence-electron chi connectivity index (χ4n) is 4.50. The van der Waals surface area contributed by atoms with E-state index in [4.69, 9.17) is 18.5 Å². The van der Waals surface area contributed by atoms with Crippen LogP contribution in [0.1, 0.15) is 36.0 Å². The number of hydrogen-bond acceptors (Lipinski definition) is 6. The van der Waals surface area contributed by atoms with E-state index < -0.39 is 7.75 Å². The molecule has 1 N–H and O–H groups in total. The molecule has 10 heteroatoms. The molecule has 186 valence electrons. The fraction of sp³-hybridized carbons (Fsp3) is 0.400. The second-order valence-electron chi connectivity index (χ2n) is 8.83. The molecule has 0 aromatic heterocycles. The third kappa shape index (κ3) is 5.20. The summed E-state index contributed by atoms with van der Waals surface area (Å²) in [7, 11) is -0.962. The number of rotatable bonds is 8. The van der Waals surface area contributed by atoms with E-state index in [-0.39, 0.29) is 19.4 Å². The highest BCUT2D eigenvalue weighted by molar-refractivity contribution is 9.10. The molecule has 35 heavy (non-hydrogen) atoms. The summed E-state index contributed by atoms with van der Waals surface area (Å²) in [6.07, 6.45) is 5.02. The summed E-state index contributed by atoms with van der Waals surface area (Å²) in [6.45, 7) is 0.746. The average Bonchev–Trinajstić information content (AvgIpc) is 3.63. The molecule has 0 amide bonds. The van der Waals surface area contributed by atoms with E-state index in [1.54, 1.807) is 0 Å². The predicted molar refractivity (Wildman–Crippen MR) is 136 cm³/mol. The molecule has 0 bridgehead atoms. The Labute approximate surface area is 213 Å². The van der Waals surface area contributed by atoms with E-state index in [0.717, 1.165) is 39.6 Å². The maximum atomic E-state index is 13.1. The highest BCUT2D eigenvalue weighted by Crippen LogP contribution is 2.50. The summed E-state index contributed by atoms with van der Waals surface area (Å²) in [5, 5.41) is 9.42. The number of halogens is 1. The van der Waals surface area contributed by atoms with Crippen molar-refractivity contribution in [3.63, 3.8) is 0 Å². The van der Waals surface area contributed by atoms with Gasteiger partial charge in [0, 0.05) is 31.7 Å². The summed E-state index contributed by atoms with van der Waals surface area (Å²) in [4.78, 5) is 2.20. The normalized spacial score (nSPS) is 20.9. The van der Waals surface area contributed by atoms with Gasteiger partial charge in [-0.3, -0.25) is 9.05 Å². The van der Waals surface area contributed by atoms with Crippen LogP contribution in [0, 0.1) is 5.92 Å². The van der Waals surface area contributed by atoms with Gasteiger partial charge < -0.3 is 19.5 Å². The number of aliphatic hydroxyl groups is 1. The smallest absolute Gasteiger partial charge is 0.454 e. The first-order valence-electron chi connectivity index (χ1n) is 11.5. The van der Waals surface area contributed by atoms with Gasteiger partial charge >= 0.3 is 7.75 Å². The van der Waals surface area contributed by atoms with Crippen molar-refractivity contribution in [3.05, 3.63) is 63.6 Å².